The highest BCUT2D eigenvalue weighted by Crippen LogP contribution is 2.67. The van der Waals surface area contributed by atoms with Gasteiger partial charge >= 0.3 is 0 Å². The Bertz CT molecular complexity index is 1090. The van der Waals surface area contributed by atoms with E-state index in [1.165, 1.54) is 6.42 Å². The Morgan fingerprint density at radius 1 is 1.07 bits per heavy atom. The summed E-state index contributed by atoms with van der Waals surface area (Å²) < 4.78 is 5.74. The summed E-state index contributed by atoms with van der Waals surface area (Å²) in [6.07, 6.45) is 12.1. The van der Waals surface area contributed by atoms with Gasteiger partial charge in [0.2, 0.25) is 5.91 Å². The average Bonchev–Trinajstić information content (AvgIpc) is 3.22. The number of fused-ring (bicyclic) bond motifs is 5. The number of aryl methyl sites for hydroxylation is 1. The molecule has 0 saturated heterocycles. The number of carbonyl (C=O) groups is 2. The van der Waals surface area contributed by atoms with Crippen molar-refractivity contribution in [1.82, 2.24) is 4.90 Å². The number of hydrogen-bond donors (Lipinski definition) is 2. The van der Waals surface area contributed by atoms with Crippen LogP contribution in [0.25, 0.3) is 0 Å². The fourth-order valence-corrected chi connectivity index (χ4v) is 9.53. The third-order valence-corrected chi connectivity index (χ3v) is 12.0. The van der Waals surface area contributed by atoms with Crippen molar-refractivity contribution in [3.8, 4) is 11.5 Å². The van der Waals surface area contributed by atoms with E-state index in [-0.39, 0.29) is 28.6 Å². The number of aliphatic hydroxyl groups excluding tert-OH is 1. The largest absolute Gasteiger partial charge is 0.504 e. The van der Waals surface area contributed by atoms with E-state index in [1.54, 1.807) is 19.0 Å². The van der Waals surface area contributed by atoms with E-state index in [0.29, 0.717) is 60.6 Å². The van der Waals surface area contributed by atoms with Crippen molar-refractivity contribution in [3.05, 3.63) is 23.8 Å². The summed E-state index contributed by atoms with van der Waals surface area (Å²) in [5, 5.41) is 21.6. The number of hydrogen-bond acceptors (Lipinski definition) is 5. The van der Waals surface area contributed by atoms with Crippen molar-refractivity contribution < 1.29 is 24.5 Å². The van der Waals surface area contributed by atoms with Gasteiger partial charge in [-0.25, -0.2) is 0 Å². The predicted molar refractivity (Wildman–Crippen MR) is 156 cm³/mol. The smallest absolute Gasteiger partial charge is 0.222 e. The first-order valence-electron chi connectivity index (χ1n) is 15.9. The van der Waals surface area contributed by atoms with Crippen LogP contribution in [0.1, 0.15) is 96.5 Å². The van der Waals surface area contributed by atoms with Gasteiger partial charge in [0.05, 0.1) is 12.7 Å². The number of phenolic OH excluding ortho intramolecular Hbond substituents is 1. The Balaban J connectivity index is 1.22. The van der Waals surface area contributed by atoms with Crippen molar-refractivity contribution in [1.29, 1.82) is 0 Å². The molecule has 0 aliphatic heterocycles. The molecule has 4 saturated carbocycles. The normalized spacial score (nSPS) is 36.9. The third-order valence-electron chi connectivity index (χ3n) is 12.0. The molecular weight excluding hydrogens is 502 g/mol. The van der Waals surface area contributed by atoms with Crippen molar-refractivity contribution >= 4 is 11.7 Å². The van der Waals surface area contributed by atoms with Gasteiger partial charge in [0.1, 0.15) is 5.78 Å². The Hall–Kier alpha value is -2.08. The topological polar surface area (TPSA) is 87.1 Å². The maximum Gasteiger partial charge on any atom is 0.222 e. The predicted octanol–water partition coefficient (Wildman–Crippen LogP) is 6.16. The first-order valence-corrected chi connectivity index (χ1v) is 15.9. The van der Waals surface area contributed by atoms with E-state index >= 15 is 0 Å². The molecule has 0 bridgehead atoms. The quantitative estimate of drug-likeness (QED) is 0.358. The van der Waals surface area contributed by atoms with E-state index in [2.05, 4.69) is 13.8 Å². The summed E-state index contributed by atoms with van der Waals surface area (Å²) in [7, 11) is 3.50. The number of Topliss-reactive ketones (excluding diaryl/α,β-unsaturated/α-hetero) is 1. The van der Waals surface area contributed by atoms with Gasteiger partial charge < -0.3 is 19.8 Å². The molecule has 0 radical (unpaired) electrons. The highest BCUT2D eigenvalue weighted by atomic mass is 16.5. The number of carbonyl (C=O) groups excluding carboxylic acids is 2. The van der Waals surface area contributed by atoms with Gasteiger partial charge in [0, 0.05) is 33.4 Å². The second kappa shape index (κ2) is 11.7. The number of rotatable bonds is 9. The summed E-state index contributed by atoms with van der Waals surface area (Å²) >= 11 is 0. The van der Waals surface area contributed by atoms with E-state index in [9.17, 15) is 19.8 Å². The van der Waals surface area contributed by atoms with Crippen LogP contribution in [0.4, 0.5) is 0 Å². The van der Waals surface area contributed by atoms with Crippen LogP contribution in [0, 0.1) is 40.4 Å². The van der Waals surface area contributed by atoms with Crippen LogP contribution in [-0.2, 0) is 16.0 Å². The minimum atomic E-state index is -0.172. The molecule has 40 heavy (non-hydrogen) atoms. The van der Waals surface area contributed by atoms with Crippen LogP contribution in [0.5, 0.6) is 11.5 Å². The Morgan fingerprint density at radius 3 is 2.60 bits per heavy atom. The number of benzene rings is 1. The summed E-state index contributed by atoms with van der Waals surface area (Å²) in [5.74, 6) is 4.18. The Kier molecular flexibility index (Phi) is 8.57. The number of nitrogens with zero attached hydrogens (tertiary/aromatic N) is 1. The monoisotopic (exact) mass is 553 g/mol. The molecule has 4 aliphatic carbocycles. The van der Waals surface area contributed by atoms with Crippen LogP contribution >= 0.6 is 0 Å². The molecule has 6 heteroatoms. The molecule has 1 aromatic carbocycles. The molecule has 0 aromatic heterocycles. The molecule has 4 aliphatic rings. The number of aliphatic hydroxyl groups is 1. The van der Waals surface area contributed by atoms with Crippen LogP contribution in [-0.4, -0.2) is 53.6 Å². The lowest BCUT2D eigenvalue weighted by molar-refractivity contribution is -0.156. The van der Waals surface area contributed by atoms with E-state index < -0.39 is 0 Å². The van der Waals surface area contributed by atoms with Crippen molar-refractivity contribution in [3.63, 3.8) is 0 Å². The SMILES string of the molecule is CN(C)C(=O)CCCOc1ccc(CCC[C@@H]2C[C@H]3CC(=O)CC[C@]3(C)[C@H]3CC[C@]4(C)[C@@H](O)CC[C@H]4[C@H]23)cc1O. The Labute approximate surface area is 240 Å². The summed E-state index contributed by atoms with van der Waals surface area (Å²) in [4.78, 5) is 25.8. The maximum absolute atomic E-state index is 12.5. The second-order valence-corrected chi connectivity index (χ2v) is 14.3. The van der Waals surface area contributed by atoms with Crippen LogP contribution < -0.4 is 4.74 Å². The first kappa shape index (κ1) is 29.4. The van der Waals surface area contributed by atoms with Gasteiger partial charge in [0.25, 0.3) is 0 Å². The Morgan fingerprint density at radius 2 is 1.85 bits per heavy atom. The number of amides is 1. The molecule has 5 rings (SSSR count). The molecule has 1 aromatic rings. The standard InChI is InChI=1S/C34H51NO5/c1-33-16-14-25(36)21-24(33)20-23(32-26-11-13-30(38)34(26,2)17-15-27(32)33)8-5-7-22-10-12-29(28(37)19-22)40-18-6-9-31(39)35(3)4/h10,12,19,23-24,26-27,30,32,37-38H,5-9,11,13-18,20-21H2,1-4H3/t23-,24+,26+,27+,30+,32+,33+,34+/m1/s1. The number of ether oxygens (including phenoxy) is 1. The van der Waals surface area contributed by atoms with E-state index in [1.807, 2.05) is 18.2 Å². The highest BCUT2D eigenvalue weighted by Gasteiger charge is 2.62. The van der Waals surface area contributed by atoms with Crippen molar-refractivity contribution in [2.75, 3.05) is 20.7 Å². The molecule has 1 amide bonds. The van der Waals surface area contributed by atoms with Crippen molar-refractivity contribution in [2.24, 2.45) is 40.4 Å². The molecule has 0 heterocycles. The summed E-state index contributed by atoms with van der Waals surface area (Å²) in [5.41, 5.74) is 1.43. The average molecular weight is 554 g/mol. The van der Waals surface area contributed by atoms with Gasteiger partial charge in [-0.3, -0.25) is 9.59 Å². The van der Waals surface area contributed by atoms with Crippen LogP contribution in [0.15, 0.2) is 18.2 Å². The molecule has 222 valence electrons. The summed E-state index contributed by atoms with van der Waals surface area (Å²) in [6, 6.07) is 5.72. The zero-order valence-electron chi connectivity index (χ0n) is 25.2. The van der Waals surface area contributed by atoms with Gasteiger partial charge in [-0.15, -0.1) is 0 Å². The summed E-state index contributed by atoms with van der Waals surface area (Å²) in [6.45, 7) is 5.25. The molecule has 6 nitrogen and oxygen atoms in total. The first-order chi connectivity index (χ1) is 19.0. The van der Waals surface area contributed by atoms with Gasteiger partial charge in [-0.1, -0.05) is 19.9 Å². The fourth-order valence-electron chi connectivity index (χ4n) is 9.53. The molecular formula is C34H51NO5. The van der Waals surface area contributed by atoms with E-state index in [4.69, 9.17) is 4.74 Å². The molecule has 4 fully saturated rings. The lowest BCUT2D eigenvalue weighted by Gasteiger charge is -2.62. The van der Waals surface area contributed by atoms with Gasteiger partial charge in [0.15, 0.2) is 11.5 Å². The second-order valence-electron chi connectivity index (χ2n) is 14.3. The van der Waals surface area contributed by atoms with E-state index in [0.717, 1.165) is 69.8 Å². The maximum atomic E-state index is 12.5. The van der Waals surface area contributed by atoms with Crippen LogP contribution in [0.3, 0.4) is 0 Å². The molecule has 2 N–H and O–H groups in total. The lowest BCUT2D eigenvalue weighted by Crippen LogP contribution is -2.57. The van der Waals surface area contributed by atoms with Gasteiger partial charge in [-0.05, 0) is 122 Å². The molecule has 0 unspecified atom stereocenters. The van der Waals surface area contributed by atoms with Crippen molar-refractivity contribution in [2.45, 2.75) is 103 Å². The third kappa shape index (κ3) is 5.54. The minimum absolute atomic E-state index is 0.0501. The zero-order chi connectivity index (χ0) is 28.7. The minimum Gasteiger partial charge on any atom is -0.504 e. The number of aromatic hydroxyl groups is 1. The van der Waals surface area contributed by atoms with Gasteiger partial charge in [-0.2, -0.15) is 0 Å². The highest BCUT2D eigenvalue weighted by molar-refractivity contribution is 5.79. The number of phenols is 1. The van der Waals surface area contributed by atoms with Crippen LogP contribution in [0.2, 0.25) is 0 Å². The number of ketones is 1. The molecule has 0 spiro atoms. The fraction of sp³-hybridized carbons (Fsp3) is 0.765. The zero-order valence-corrected chi connectivity index (χ0v) is 25.2. The molecule has 8 atom stereocenters. The lowest BCUT2D eigenvalue weighted by atomic mass is 9.42.